The first-order valence-electron chi connectivity index (χ1n) is 9.88. The van der Waals surface area contributed by atoms with Gasteiger partial charge in [-0.05, 0) is 31.4 Å². The largest absolute Gasteiger partial charge is 0.378 e. The SMILES string of the molecule is Cc1cc(Nc2cc(NC(=O)C3(C)CC3)ncn2)c(=O)n2c1C(=O)NCCOCC2. The van der Waals surface area contributed by atoms with Gasteiger partial charge in [0.15, 0.2) is 0 Å². The van der Waals surface area contributed by atoms with Crippen molar-refractivity contribution in [1.29, 1.82) is 0 Å². The van der Waals surface area contributed by atoms with Gasteiger partial charge in [0.25, 0.3) is 11.5 Å². The highest BCUT2D eigenvalue weighted by atomic mass is 16.5. The van der Waals surface area contributed by atoms with Crippen molar-refractivity contribution in [2.75, 3.05) is 30.4 Å². The normalized spacial score (nSPS) is 17.6. The number of pyridine rings is 1. The summed E-state index contributed by atoms with van der Waals surface area (Å²) in [5, 5.41) is 8.54. The number of rotatable bonds is 4. The van der Waals surface area contributed by atoms with Crippen LogP contribution in [0.2, 0.25) is 0 Å². The zero-order valence-corrected chi connectivity index (χ0v) is 16.9. The minimum absolute atomic E-state index is 0.0776. The quantitative estimate of drug-likeness (QED) is 0.688. The minimum atomic E-state index is -0.356. The molecule has 1 fully saturated rings. The number of fused-ring (bicyclic) bond motifs is 1. The Morgan fingerprint density at radius 1 is 1.20 bits per heavy atom. The second-order valence-electron chi connectivity index (χ2n) is 7.84. The highest BCUT2D eigenvalue weighted by Crippen LogP contribution is 2.45. The van der Waals surface area contributed by atoms with Gasteiger partial charge in [-0.3, -0.25) is 19.0 Å². The van der Waals surface area contributed by atoms with Crippen LogP contribution >= 0.6 is 0 Å². The van der Waals surface area contributed by atoms with Crippen LogP contribution in [0.1, 0.15) is 35.8 Å². The number of nitrogens with one attached hydrogen (secondary N) is 3. The number of amides is 2. The van der Waals surface area contributed by atoms with Gasteiger partial charge in [0, 0.05) is 24.6 Å². The number of aryl methyl sites for hydroxylation is 1. The molecule has 1 aliphatic heterocycles. The second-order valence-corrected chi connectivity index (χ2v) is 7.84. The van der Waals surface area contributed by atoms with Crippen LogP contribution in [0, 0.1) is 12.3 Å². The number of aromatic nitrogens is 3. The summed E-state index contributed by atoms with van der Waals surface area (Å²) in [6.45, 7) is 5.06. The van der Waals surface area contributed by atoms with E-state index in [4.69, 9.17) is 4.74 Å². The average Bonchev–Trinajstić information content (AvgIpc) is 3.44. The average molecular weight is 412 g/mol. The Hall–Kier alpha value is -3.27. The van der Waals surface area contributed by atoms with Crippen LogP contribution in [0.25, 0.3) is 0 Å². The van der Waals surface area contributed by atoms with Crippen molar-refractivity contribution < 1.29 is 14.3 Å². The van der Waals surface area contributed by atoms with Gasteiger partial charge in [-0.15, -0.1) is 0 Å². The topological polar surface area (TPSA) is 127 Å². The van der Waals surface area contributed by atoms with Crippen molar-refractivity contribution in [2.24, 2.45) is 5.41 Å². The summed E-state index contributed by atoms with van der Waals surface area (Å²) in [5.74, 6) is 0.341. The van der Waals surface area contributed by atoms with Gasteiger partial charge in [0.2, 0.25) is 5.91 Å². The number of nitrogens with zero attached hydrogens (tertiary/aromatic N) is 3. The van der Waals surface area contributed by atoms with Crippen LogP contribution in [0.15, 0.2) is 23.3 Å². The molecule has 2 aromatic rings. The Bertz CT molecular complexity index is 1060. The number of hydrogen-bond acceptors (Lipinski definition) is 7. The lowest BCUT2D eigenvalue weighted by Crippen LogP contribution is -2.34. The molecule has 0 bridgehead atoms. The molecule has 158 valence electrons. The third-order valence-electron chi connectivity index (χ3n) is 5.41. The van der Waals surface area contributed by atoms with Gasteiger partial charge >= 0.3 is 0 Å². The molecular weight excluding hydrogens is 388 g/mol. The summed E-state index contributed by atoms with van der Waals surface area (Å²) in [4.78, 5) is 46.0. The molecule has 1 aliphatic carbocycles. The van der Waals surface area contributed by atoms with Crippen LogP contribution in [0.5, 0.6) is 0 Å². The van der Waals surface area contributed by atoms with Gasteiger partial charge in [-0.2, -0.15) is 0 Å². The fourth-order valence-corrected chi connectivity index (χ4v) is 3.30. The first-order valence-corrected chi connectivity index (χ1v) is 9.88. The molecule has 3 heterocycles. The number of anilines is 3. The lowest BCUT2D eigenvalue weighted by Gasteiger charge is -2.16. The van der Waals surface area contributed by atoms with Crippen molar-refractivity contribution in [3.8, 4) is 0 Å². The second kappa shape index (κ2) is 7.86. The van der Waals surface area contributed by atoms with Crippen LogP contribution in [-0.4, -0.2) is 46.1 Å². The molecule has 3 N–H and O–H groups in total. The van der Waals surface area contributed by atoms with E-state index in [1.54, 1.807) is 19.1 Å². The summed E-state index contributed by atoms with van der Waals surface area (Å²) < 4.78 is 6.86. The Labute approximate surface area is 173 Å². The molecule has 0 spiro atoms. The fraction of sp³-hybridized carbons (Fsp3) is 0.450. The maximum Gasteiger partial charge on any atom is 0.274 e. The van der Waals surface area contributed by atoms with E-state index in [2.05, 4.69) is 25.9 Å². The van der Waals surface area contributed by atoms with Gasteiger partial charge in [0.05, 0.1) is 13.2 Å². The van der Waals surface area contributed by atoms with E-state index in [-0.39, 0.29) is 35.0 Å². The molecule has 0 unspecified atom stereocenters. The van der Waals surface area contributed by atoms with Crippen molar-refractivity contribution in [2.45, 2.75) is 33.2 Å². The van der Waals surface area contributed by atoms with Crippen molar-refractivity contribution in [3.05, 3.63) is 40.1 Å². The summed E-state index contributed by atoms with van der Waals surface area (Å²) in [5.41, 5.74) is 0.565. The van der Waals surface area contributed by atoms with E-state index in [9.17, 15) is 14.4 Å². The molecule has 0 saturated heterocycles. The standard InChI is InChI=1S/C20H24N6O4/c1-12-9-13(18(28)26-6-8-30-7-5-21-17(27)16(12)26)24-14-10-15(23-11-22-14)25-19(29)20(2)3-4-20/h9-11H,3-8H2,1-2H3,(H,21,27)(H2,22,23,24,25,29). The van der Waals surface area contributed by atoms with Crippen LogP contribution in [0.4, 0.5) is 17.3 Å². The van der Waals surface area contributed by atoms with E-state index in [0.717, 1.165) is 12.8 Å². The lowest BCUT2D eigenvalue weighted by atomic mass is 10.1. The zero-order chi connectivity index (χ0) is 21.3. The molecular formula is C20H24N6O4. The van der Waals surface area contributed by atoms with E-state index in [1.165, 1.54) is 10.9 Å². The summed E-state index contributed by atoms with van der Waals surface area (Å²) >= 11 is 0. The van der Waals surface area contributed by atoms with Crippen molar-refractivity contribution in [3.63, 3.8) is 0 Å². The van der Waals surface area contributed by atoms with Crippen LogP contribution < -0.4 is 21.5 Å². The lowest BCUT2D eigenvalue weighted by molar-refractivity contribution is -0.120. The Morgan fingerprint density at radius 3 is 2.73 bits per heavy atom. The first kappa shape index (κ1) is 20.0. The van der Waals surface area contributed by atoms with Gasteiger partial charge in [-0.25, -0.2) is 9.97 Å². The zero-order valence-electron chi connectivity index (χ0n) is 16.9. The Kier molecular flexibility index (Phi) is 5.25. The Balaban J connectivity index is 1.61. The first-order chi connectivity index (χ1) is 14.4. The van der Waals surface area contributed by atoms with E-state index < -0.39 is 0 Å². The molecule has 2 amide bonds. The molecule has 2 aliphatic rings. The van der Waals surface area contributed by atoms with Crippen LogP contribution in [0.3, 0.4) is 0 Å². The van der Waals surface area contributed by atoms with Gasteiger partial charge < -0.3 is 20.7 Å². The fourth-order valence-electron chi connectivity index (χ4n) is 3.30. The van der Waals surface area contributed by atoms with Gasteiger partial charge in [0.1, 0.15) is 29.3 Å². The van der Waals surface area contributed by atoms with Crippen molar-refractivity contribution >= 4 is 29.1 Å². The molecule has 0 atom stereocenters. The van der Waals surface area contributed by atoms with E-state index in [0.29, 0.717) is 42.7 Å². The molecule has 10 nitrogen and oxygen atoms in total. The predicted octanol–water partition coefficient (Wildman–Crippen LogP) is 1.19. The summed E-state index contributed by atoms with van der Waals surface area (Å²) in [6, 6.07) is 3.19. The predicted molar refractivity (Wildman–Crippen MR) is 110 cm³/mol. The Morgan fingerprint density at radius 2 is 1.97 bits per heavy atom. The highest BCUT2D eigenvalue weighted by molar-refractivity contribution is 5.96. The summed E-state index contributed by atoms with van der Waals surface area (Å²) in [6.07, 6.45) is 3.03. The van der Waals surface area contributed by atoms with E-state index in [1.807, 2.05) is 6.92 Å². The molecule has 2 aromatic heterocycles. The van der Waals surface area contributed by atoms with Crippen LogP contribution in [-0.2, 0) is 16.1 Å². The molecule has 30 heavy (non-hydrogen) atoms. The maximum absolute atomic E-state index is 13.0. The molecule has 10 heteroatoms. The monoisotopic (exact) mass is 412 g/mol. The summed E-state index contributed by atoms with van der Waals surface area (Å²) in [7, 11) is 0. The number of carbonyl (C=O) groups excluding carboxylic acids is 2. The molecule has 0 radical (unpaired) electrons. The minimum Gasteiger partial charge on any atom is -0.378 e. The molecule has 0 aromatic carbocycles. The maximum atomic E-state index is 13.0. The number of ether oxygens (including phenoxy) is 1. The molecule has 4 rings (SSSR count). The van der Waals surface area contributed by atoms with Crippen molar-refractivity contribution in [1.82, 2.24) is 19.9 Å². The third kappa shape index (κ3) is 4.04. The van der Waals surface area contributed by atoms with Gasteiger partial charge in [-0.1, -0.05) is 6.92 Å². The third-order valence-corrected chi connectivity index (χ3v) is 5.41. The number of hydrogen-bond donors (Lipinski definition) is 3. The molecule has 1 saturated carbocycles. The number of carbonyl (C=O) groups is 2. The smallest absolute Gasteiger partial charge is 0.274 e. The van der Waals surface area contributed by atoms with E-state index >= 15 is 0 Å². The highest BCUT2D eigenvalue weighted by Gasteiger charge is 2.45.